The lowest BCUT2D eigenvalue weighted by atomic mass is 10.0. The Hall–Kier alpha value is -2.61. The van der Waals surface area contributed by atoms with E-state index in [2.05, 4.69) is 10.2 Å². The van der Waals surface area contributed by atoms with E-state index >= 15 is 0 Å². The van der Waals surface area contributed by atoms with Crippen LogP contribution in [-0.2, 0) is 39.9 Å². The number of aryl methyl sites for hydroxylation is 1. The lowest BCUT2D eigenvalue weighted by molar-refractivity contribution is -0.493. The minimum Gasteiger partial charge on any atom is -0.465 e. The van der Waals surface area contributed by atoms with Gasteiger partial charge in [-0.2, -0.15) is 0 Å². The molecule has 0 spiro atoms. The minimum absolute atomic E-state index is 0.00706. The smallest absolute Gasteiger partial charge is 0.328 e. The molecule has 3 N–H and O–H groups in total. The van der Waals surface area contributed by atoms with Crippen molar-refractivity contribution in [3.05, 3.63) is 35.9 Å². The molecule has 1 aliphatic carbocycles. The molecule has 1 aliphatic heterocycles. The summed E-state index contributed by atoms with van der Waals surface area (Å²) in [6.07, 6.45) is 4.46. The van der Waals surface area contributed by atoms with Gasteiger partial charge in [-0.05, 0) is 57.4 Å². The molecule has 1 saturated carbocycles. The van der Waals surface area contributed by atoms with Gasteiger partial charge in [-0.25, -0.2) is 9.63 Å². The van der Waals surface area contributed by atoms with Gasteiger partial charge in [0.2, 0.25) is 5.91 Å². The molecule has 1 amide bonds. The molecule has 1 heterocycles. The summed E-state index contributed by atoms with van der Waals surface area (Å²) in [4.78, 5) is 45.5. The first-order chi connectivity index (χ1) is 18.8. The maximum Gasteiger partial charge on any atom is 0.328 e. The molecule has 218 valence electrons. The molecule has 2 fully saturated rings. The summed E-state index contributed by atoms with van der Waals surface area (Å²) in [5, 5.41) is 19.7. The van der Waals surface area contributed by atoms with E-state index in [4.69, 9.17) is 24.6 Å². The van der Waals surface area contributed by atoms with Gasteiger partial charge in [0.05, 0.1) is 37.9 Å². The number of esters is 2. The van der Waals surface area contributed by atoms with Gasteiger partial charge >= 0.3 is 11.9 Å². The second-order valence-corrected chi connectivity index (χ2v) is 9.84. The predicted octanol–water partition coefficient (Wildman–Crippen LogP) is 1.87. The Morgan fingerprint density at radius 1 is 1.08 bits per heavy atom. The van der Waals surface area contributed by atoms with Crippen molar-refractivity contribution in [2.45, 2.75) is 76.5 Å². The van der Waals surface area contributed by atoms with Crippen molar-refractivity contribution in [3.63, 3.8) is 0 Å². The zero-order valence-electron chi connectivity index (χ0n) is 22.7. The zero-order chi connectivity index (χ0) is 28.2. The summed E-state index contributed by atoms with van der Waals surface area (Å²) in [6.45, 7) is 3.79. The van der Waals surface area contributed by atoms with Crippen molar-refractivity contribution in [3.8, 4) is 0 Å². The maximum absolute atomic E-state index is 13.7. The molecule has 5 unspecified atom stereocenters. The van der Waals surface area contributed by atoms with E-state index in [-0.39, 0.29) is 50.9 Å². The first kappa shape index (κ1) is 30.9. The topological polar surface area (TPSA) is 147 Å². The largest absolute Gasteiger partial charge is 0.465 e. The second kappa shape index (κ2) is 15.8. The molecule has 12 heteroatoms. The Bertz CT molecular complexity index is 917. The number of fused-ring (bicyclic) bond motifs is 1. The van der Waals surface area contributed by atoms with Gasteiger partial charge in [-0.1, -0.05) is 36.8 Å². The van der Waals surface area contributed by atoms with Crippen LogP contribution in [0.4, 0.5) is 0 Å². The van der Waals surface area contributed by atoms with Gasteiger partial charge in [0.1, 0.15) is 18.7 Å². The van der Waals surface area contributed by atoms with Gasteiger partial charge in [0.15, 0.2) is 0 Å². The van der Waals surface area contributed by atoms with Crippen LogP contribution in [0.2, 0.25) is 0 Å². The number of amides is 1. The fraction of sp³-hybridized carbons (Fsp3) is 0.667. The van der Waals surface area contributed by atoms with Crippen LogP contribution < -0.4 is 5.32 Å². The molecule has 39 heavy (non-hydrogen) atoms. The minimum atomic E-state index is -0.703. The first-order valence-electron chi connectivity index (χ1n) is 13.7. The summed E-state index contributed by atoms with van der Waals surface area (Å²) in [7, 11) is 0. The van der Waals surface area contributed by atoms with Gasteiger partial charge in [-0.3, -0.25) is 25.3 Å². The Kier molecular flexibility index (Phi) is 12.6. The van der Waals surface area contributed by atoms with Crippen LogP contribution in [0.3, 0.4) is 0 Å². The molecule has 1 aromatic carbocycles. The standard InChI is InChI=1S/C27H41N3O9/c1-3-37-26(32)22(13-12-20-8-5-4-6-9-20)28-19(2)25(31)29-23-11-7-10-21(23)18-24(29)27(33)38-16-14-36-15-17-39-30(34)35/h4-6,8-9,19,21-24,28,34-35H,3,7,10-18H2,1-2H3. The number of benzene rings is 1. The van der Waals surface area contributed by atoms with E-state index in [0.29, 0.717) is 19.3 Å². The molecule has 2 aliphatic rings. The number of carbonyl (C=O) groups excluding carboxylic acids is 3. The van der Waals surface area contributed by atoms with Crippen molar-refractivity contribution in [1.29, 1.82) is 0 Å². The highest BCUT2D eigenvalue weighted by Gasteiger charge is 2.50. The number of nitrogens with zero attached hydrogens (tertiary/aromatic N) is 2. The van der Waals surface area contributed by atoms with Crippen LogP contribution in [-0.4, -0.2) is 95.8 Å². The fourth-order valence-corrected chi connectivity index (χ4v) is 5.46. The van der Waals surface area contributed by atoms with Crippen LogP contribution in [0.5, 0.6) is 0 Å². The SMILES string of the molecule is CCOC(=O)C(CCc1ccccc1)NC(C)C(=O)N1C(C(=O)OCCOCCON(O)O)CC2CCCC21. The normalized spacial score (nSPS) is 22.0. The number of rotatable bonds is 16. The van der Waals surface area contributed by atoms with Crippen molar-refractivity contribution < 1.29 is 43.8 Å². The number of hydrogen-bond acceptors (Lipinski definition) is 11. The molecule has 3 rings (SSSR count). The number of likely N-dealkylation sites (tertiary alicyclic amines) is 1. The van der Waals surface area contributed by atoms with Gasteiger partial charge in [0, 0.05) is 6.04 Å². The van der Waals surface area contributed by atoms with Crippen molar-refractivity contribution in [2.75, 3.05) is 33.0 Å². The lowest BCUT2D eigenvalue weighted by Gasteiger charge is -2.32. The summed E-state index contributed by atoms with van der Waals surface area (Å²) < 4.78 is 15.9. The molecule has 1 saturated heterocycles. The second-order valence-electron chi connectivity index (χ2n) is 9.84. The molecule has 5 atom stereocenters. The lowest BCUT2D eigenvalue weighted by Crippen LogP contribution is -2.55. The summed E-state index contributed by atoms with van der Waals surface area (Å²) in [5.74, 6) is -0.870. The van der Waals surface area contributed by atoms with E-state index in [1.54, 1.807) is 18.7 Å². The maximum atomic E-state index is 13.7. The monoisotopic (exact) mass is 551 g/mol. The number of hydrogen-bond donors (Lipinski definition) is 3. The highest BCUT2D eigenvalue weighted by atomic mass is 17.1. The van der Waals surface area contributed by atoms with Gasteiger partial charge in [-0.15, -0.1) is 0 Å². The summed E-state index contributed by atoms with van der Waals surface area (Å²) >= 11 is 0. The third-order valence-corrected chi connectivity index (χ3v) is 7.23. The van der Waals surface area contributed by atoms with Crippen molar-refractivity contribution >= 4 is 17.8 Å². The van der Waals surface area contributed by atoms with Crippen LogP contribution >= 0.6 is 0 Å². The quantitative estimate of drug-likeness (QED) is 0.157. The zero-order valence-corrected chi connectivity index (χ0v) is 22.7. The van der Waals surface area contributed by atoms with E-state index in [0.717, 1.165) is 24.8 Å². The average Bonchev–Trinajstić information content (AvgIpc) is 3.52. The number of nitrogens with one attached hydrogen (secondary N) is 1. The third-order valence-electron chi connectivity index (χ3n) is 7.23. The molecular weight excluding hydrogens is 510 g/mol. The molecule has 1 aromatic rings. The fourth-order valence-electron chi connectivity index (χ4n) is 5.46. The van der Waals surface area contributed by atoms with E-state index in [1.807, 2.05) is 30.3 Å². The third kappa shape index (κ3) is 9.23. The van der Waals surface area contributed by atoms with E-state index in [1.165, 1.54) is 0 Å². The number of ether oxygens (including phenoxy) is 3. The Morgan fingerprint density at radius 2 is 1.82 bits per heavy atom. The van der Waals surface area contributed by atoms with Crippen molar-refractivity contribution in [1.82, 2.24) is 15.6 Å². The van der Waals surface area contributed by atoms with Crippen LogP contribution in [0.25, 0.3) is 0 Å². The van der Waals surface area contributed by atoms with E-state index in [9.17, 15) is 14.4 Å². The highest BCUT2D eigenvalue weighted by molar-refractivity contribution is 5.89. The first-order valence-corrected chi connectivity index (χ1v) is 13.7. The van der Waals surface area contributed by atoms with Gasteiger partial charge < -0.3 is 19.1 Å². The highest BCUT2D eigenvalue weighted by Crippen LogP contribution is 2.42. The van der Waals surface area contributed by atoms with Crippen molar-refractivity contribution in [2.24, 2.45) is 5.92 Å². The molecule has 0 radical (unpaired) electrons. The molecule has 12 nitrogen and oxygen atoms in total. The molecule has 0 aromatic heterocycles. The predicted molar refractivity (Wildman–Crippen MR) is 137 cm³/mol. The molecule has 0 bridgehead atoms. The summed E-state index contributed by atoms with van der Waals surface area (Å²) in [5.41, 5.74) is 1.09. The van der Waals surface area contributed by atoms with Gasteiger partial charge in [0.25, 0.3) is 0 Å². The molecular formula is C27H41N3O9. The van der Waals surface area contributed by atoms with Crippen LogP contribution in [0.1, 0.15) is 51.5 Å². The Balaban J connectivity index is 1.58. The van der Waals surface area contributed by atoms with Crippen LogP contribution in [0.15, 0.2) is 30.3 Å². The number of carbonyl (C=O) groups is 3. The Morgan fingerprint density at radius 3 is 2.54 bits per heavy atom. The average molecular weight is 552 g/mol. The summed E-state index contributed by atoms with van der Waals surface area (Å²) in [6, 6.07) is 7.72. The van der Waals surface area contributed by atoms with Crippen LogP contribution in [0, 0.1) is 5.92 Å². The van der Waals surface area contributed by atoms with E-state index < -0.39 is 35.5 Å². The Labute approximate surface area is 229 Å².